The van der Waals surface area contributed by atoms with E-state index in [1.54, 1.807) is 16.2 Å². The molecule has 5 heteroatoms. The van der Waals surface area contributed by atoms with Gasteiger partial charge in [0.25, 0.3) is 11.8 Å². The van der Waals surface area contributed by atoms with Gasteiger partial charge in [-0.2, -0.15) is 0 Å². The van der Waals surface area contributed by atoms with Crippen molar-refractivity contribution < 1.29 is 9.59 Å². The first-order chi connectivity index (χ1) is 12.8. The number of benzene rings is 1. The van der Waals surface area contributed by atoms with Gasteiger partial charge in [0.1, 0.15) is 0 Å². The molecule has 2 aromatic rings. The molecule has 144 valence electrons. The molecule has 1 aliphatic carbocycles. The lowest BCUT2D eigenvalue weighted by atomic mass is 9.90. The van der Waals surface area contributed by atoms with Gasteiger partial charge >= 0.3 is 0 Å². The maximum atomic E-state index is 12.5. The van der Waals surface area contributed by atoms with Crippen LogP contribution in [0.4, 0.5) is 0 Å². The van der Waals surface area contributed by atoms with Crippen LogP contribution in [0.5, 0.6) is 0 Å². The minimum atomic E-state index is -0.0123. The van der Waals surface area contributed by atoms with Gasteiger partial charge in [-0.25, -0.2) is 0 Å². The zero-order valence-electron chi connectivity index (χ0n) is 16.5. The number of aryl methyl sites for hydroxylation is 1. The van der Waals surface area contributed by atoms with E-state index in [4.69, 9.17) is 0 Å². The zero-order valence-corrected chi connectivity index (χ0v) is 17.4. The number of carbonyl (C=O) groups is 2. The third-order valence-electron chi connectivity index (χ3n) is 5.30. The molecule has 1 unspecified atom stereocenters. The van der Waals surface area contributed by atoms with Gasteiger partial charge in [-0.3, -0.25) is 9.59 Å². The highest BCUT2D eigenvalue weighted by atomic mass is 32.1. The van der Waals surface area contributed by atoms with Crippen molar-refractivity contribution in [2.45, 2.75) is 52.6 Å². The predicted octanol–water partition coefficient (Wildman–Crippen LogP) is 4.28. The molecule has 1 N–H and O–H groups in total. The molecule has 0 radical (unpaired) electrons. The second kappa shape index (κ2) is 8.26. The summed E-state index contributed by atoms with van der Waals surface area (Å²) in [6.07, 6.45) is 3.39. The maximum Gasteiger partial charge on any atom is 0.261 e. The second-order valence-electron chi connectivity index (χ2n) is 7.80. The van der Waals surface area contributed by atoms with Gasteiger partial charge in [0.2, 0.25) is 0 Å². The van der Waals surface area contributed by atoms with Gasteiger partial charge in [-0.05, 0) is 68.4 Å². The van der Waals surface area contributed by atoms with Gasteiger partial charge in [-0.15, -0.1) is 11.3 Å². The first-order valence-electron chi connectivity index (χ1n) is 9.61. The largest absolute Gasteiger partial charge is 0.347 e. The summed E-state index contributed by atoms with van der Waals surface area (Å²) in [5.74, 6) is 0.708. The van der Waals surface area contributed by atoms with Crippen LogP contribution in [0.15, 0.2) is 30.3 Å². The topological polar surface area (TPSA) is 49.4 Å². The fraction of sp³-hybridized carbons (Fsp3) is 0.455. The molecular weight excluding hydrogens is 356 g/mol. The number of hydrogen-bond acceptors (Lipinski definition) is 3. The van der Waals surface area contributed by atoms with Crippen molar-refractivity contribution in [2.75, 3.05) is 7.05 Å². The third kappa shape index (κ3) is 4.59. The van der Waals surface area contributed by atoms with Crippen LogP contribution in [0.2, 0.25) is 0 Å². The van der Waals surface area contributed by atoms with E-state index in [0.29, 0.717) is 18.0 Å². The van der Waals surface area contributed by atoms with E-state index in [1.165, 1.54) is 16.9 Å². The lowest BCUT2D eigenvalue weighted by Crippen LogP contribution is -2.32. The summed E-state index contributed by atoms with van der Waals surface area (Å²) in [6.45, 7) is 6.72. The van der Waals surface area contributed by atoms with Crippen molar-refractivity contribution >= 4 is 23.2 Å². The van der Waals surface area contributed by atoms with Crippen LogP contribution in [0.25, 0.3) is 0 Å². The second-order valence-corrected chi connectivity index (χ2v) is 8.93. The van der Waals surface area contributed by atoms with Gasteiger partial charge in [0.15, 0.2) is 0 Å². The number of nitrogens with one attached hydrogen (secondary N) is 1. The fourth-order valence-electron chi connectivity index (χ4n) is 3.29. The molecule has 1 aromatic carbocycles. The van der Waals surface area contributed by atoms with Crippen LogP contribution < -0.4 is 5.32 Å². The van der Waals surface area contributed by atoms with E-state index in [1.807, 2.05) is 45.2 Å². The molecule has 1 atom stereocenters. The van der Waals surface area contributed by atoms with E-state index < -0.39 is 0 Å². The molecule has 0 saturated heterocycles. The van der Waals surface area contributed by atoms with Gasteiger partial charge in [-0.1, -0.05) is 19.1 Å². The third-order valence-corrected chi connectivity index (χ3v) is 6.54. The molecule has 1 aromatic heterocycles. The molecule has 4 nitrogen and oxygen atoms in total. The van der Waals surface area contributed by atoms with Gasteiger partial charge < -0.3 is 10.2 Å². The summed E-state index contributed by atoms with van der Waals surface area (Å²) in [6, 6.07) is 9.69. The Bertz CT molecular complexity index is 823. The van der Waals surface area contributed by atoms with Crippen LogP contribution in [-0.2, 0) is 19.4 Å². The van der Waals surface area contributed by atoms with Gasteiger partial charge in [0, 0.05) is 30.1 Å². The molecular formula is C22H28N2O2S. The zero-order chi connectivity index (χ0) is 19.6. The van der Waals surface area contributed by atoms with Crippen molar-refractivity contribution in [1.82, 2.24) is 10.2 Å². The van der Waals surface area contributed by atoms with E-state index in [2.05, 4.69) is 18.3 Å². The minimum absolute atomic E-state index is 0.0123. The summed E-state index contributed by atoms with van der Waals surface area (Å²) in [5.41, 5.74) is 3.00. The highest BCUT2D eigenvalue weighted by Crippen LogP contribution is 2.32. The van der Waals surface area contributed by atoms with Crippen molar-refractivity contribution in [1.29, 1.82) is 0 Å². The Morgan fingerprint density at radius 2 is 1.96 bits per heavy atom. The number of fused-ring (bicyclic) bond motifs is 1. The van der Waals surface area contributed by atoms with E-state index in [-0.39, 0.29) is 17.9 Å². The highest BCUT2D eigenvalue weighted by molar-refractivity contribution is 7.14. The van der Waals surface area contributed by atoms with Crippen LogP contribution in [0.1, 0.15) is 63.2 Å². The first-order valence-corrected chi connectivity index (χ1v) is 10.4. The van der Waals surface area contributed by atoms with Crippen LogP contribution >= 0.6 is 11.3 Å². The fourth-order valence-corrected chi connectivity index (χ4v) is 4.42. The Kier molecular flexibility index (Phi) is 6.00. The number of amides is 2. The summed E-state index contributed by atoms with van der Waals surface area (Å²) < 4.78 is 0. The highest BCUT2D eigenvalue weighted by Gasteiger charge is 2.20. The average molecular weight is 385 g/mol. The monoisotopic (exact) mass is 384 g/mol. The van der Waals surface area contributed by atoms with Crippen molar-refractivity contribution in [3.05, 3.63) is 56.8 Å². The normalized spacial score (nSPS) is 16.1. The molecule has 1 aliphatic rings. The van der Waals surface area contributed by atoms with Crippen molar-refractivity contribution in [3.63, 3.8) is 0 Å². The predicted molar refractivity (Wildman–Crippen MR) is 110 cm³/mol. The van der Waals surface area contributed by atoms with Crippen LogP contribution in [-0.4, -0.2) is 29.8 Å². The van der Waals surface area contributed by atoms with E-state index in [9.17, 15) is 9.59 Å². The van der Waals surface area contributed by atoms with Gasteiger partial charge in [0.05, 0.1) is 4.88 Å². The summed E-state index contributed by atoms with van der Waals surface area (Å²) in [7, 11) is 1.81. The van der Waals surface area contributed by atoms with Crippen molar-refractivity contribution in [2.24, 2.45) is 5.92 Å². The molecule has 2 amide bonds. The van der Waals surface area contributed by atoms with Crippen molar-refractivity contribution in [3.8, 4) is 0 Å². The Labute approximate surface area is 165 Å². The minimum Gasteiger partial charge on any atom is -0.347 e. The average Bonchev–Trinajstić information content (AvgIpc) is 3.08. The molecule has 27 heavy (non-hydrogen) atoms. The number of rotatable bonds is 5. The molecule has 3 rings (SSSR count). The summed E-state index contributed by atoms with van der Waals surface area (Å²) in [5, 5.41) is 3.00. The molecule has 0 fully saturated rings. The molecule has 0 spiro atoms. The number of hydrogen-bond donors (Lipinski definition) is 1. The van der Waals surface area contributed by atoms with E-state index >= 15 is 0 Å². The first kappa shape index (κ1) is 19.6. The number of nitrogens with zero attached hydrogens (tertiary/aromatic N) is 1. The van der Waals surface area contributed by atoms with Crippen LogP contribution in [0, 0.1) is 5.92 Å². The van der Waals surface area contributed by atoms with Crippen LogP contribution in [0.3, 0.4) is 0 Å². The lowest BCUT2D eigenvalue weighted by molar-refractivity contribution is 0.0754. The van der Waals surface area contributed by atoms with E-state index in [0.717, 1.165) is 23.3 Å². The standard InChI is InChI=1S/C22H28N2O2S/c1-14(2)24(4)22(26)17-8-6-16(7-9-17)13-23-21(25)20-12-18-11-15(3)5-10-19(18)27-20/h6-9,12,14-15H,5,10-11,13H2,1-4H3,(H,23,25). The molecule has 1 heterocycles. The number of thiophene rings is 1. The smallest absolute Gasteiger partial charge is 0.261 e. The number of carbonyl (C=O) groups excluding carboxylic acids is 2. The summed E-state index contributed by atoms with van der Waals surface area (Å²) in [4.78, 5) is 28.7. The Morgan fingerprint density at radius 3 is 2.63 bits per heavy atom. The Balaban J connectivity index is 1.59. The Hall–Kier alpha value is -2.14. The Morgan fingerprint density at radius 1 is 1.26 bits per heavy atom. The molecule has 0 bridgehead atoms. The SMILES string of the molecule is CC1CCc2sc(C(=O)NCc3ccc(C(=O)N(C)C(C)C)cc3)cc2C1. The molecule has 0 aliphatic heterocycles. The maximum absolute atomic E-state index is 12.5. The lowest BCUT2D eigenvalue weighted by Gasteiger charge is -2.21. The quantitative estimate of drug-likeness (QED) is 0.836. The summed E-state index contributed by atoms with van der Waals surface area (Å²) >= 11 is 1.63. The molecule has 0 saturated carbocycles.